The molecule has 0 spiro atoms. The summed E-state index contributed by atoms with van der Waals surface area (Å²) in [6, 6.07) is 30.9. The molecule has 0 amide bonds. The predicted molar refractivity (Wildman–Crippen MR) is 187 cm³/mol. The van der Waals surface area contributed by atoms with Gasteiger partial charge < -0.3 is 5.73 Å². The maximum absolute atomic E-state index is 13.0. The van der Waals surface area contributed by atoms with Crippen molar-refractivity contribution >= 4 is 21.8 Å². The van der Waals surface area contributed by atoms with Crippen molar-refractivity contribution in [3.63, 3.8) is 0 Å². The van der Waals surface area contributed by atoms with E-state index in [4.69, 9.17) is 11.0 Å². The lowest BCUT2D eigenvalue weighted by atomic mass is 10.1. The van der Waals surface area contributed by atoms with Crippen molar-refractivity contribution in [3.05, 3.63) is 144 Å². The van der Waals surface area contributed by atoms with E-state index >= 15 is 0 Å². The molecule has 10 nitrogen and oxygen atoms in total. The second-order valence-electron chi connectivity index (χ2n) is 11.7. The summed E-state index contributed by atoms with van der Waals surface area (Å²) in [5.41, 5.74) is 8.79. The average Bonchev–Trinajstić information content (AvgIpc) is 3.82. The highest BCUT2D eigenvalue weighted by molar-refractivity contribution is 5.86. The summed E-state index contributed by atoms with van der Waals surface area (Å²) in [5.74, 6) is 0.163. The molecular weight excluding hydrogens is 710 g/mol. The van der Waals surface area contributed by atoms with Gasteiger partial charge in [-0.15, -0.1) is 0 Å². The van der Waals surface area contributed by atoms with Crippen LogP contribution in [0.2, 0.25) is 0 Å². The van der Waals surface area contributed by atoms with Crippen molar-refractivity contribution in [2.75, 3.05) is 0 Å². The highest BCUT2D eigenvalue weighted by Gasteiger charge is 2.33. The van der Waals surface area contributed by atoms with Gasteiger partial charge in [0.05, 0.1) is 40.5 Å². The molecule has 0 atom stereocenters. The van der Waals surface area contributed by atoms with E-state index in [0.717, 1.165) is 39.9 Å². The molecular formula is C38H24F6N10. The molecule has 0 aliphatic carbocycles. The fourth-order valence-electron chi connectivity index (χ4n) is 5.53. The van der Waals surface area contributed by atoms with Crippen molar-refractivity contribution in [1.82, 2.24) is 39.5 Å². The Balaban J connectivity index is 0.000000167. The molecule has 16 heteroatoms. The molecule has 0 radical (unpaired) electrons. The average molecular weight is 735 g/mol. The number of rotatable bonds is 5. The van der Waals surface area contributed by atoms with E-state index in [2.05, 4.69) is 30.1 Å². The van der Waals surface area contributed by atoms with Crippen molar-refractivity contribution in [3.8, 4) is 40.2 Å². The van der Waals surface area contributed by atoms with E-state index in [1.807, 2.05) is 48.5 Å². The number of fused-ring (bicyclic) bond motifs is 2. The largest absolute Gasteiger partial charge is 0.433 e. The Bertz CT molecular complexity index is 2670. The lowest BCUT2D eigenvalue weighted by Gasteiger charge is -2.09. The Morgan fingerprint density at radius 3 is 1.54 bits per heavy atom. The third-order valence-electron chi connectivity index (χ3n) is 8.10. The molecule has 0 bridgehead atoms. The Morgan fingerprint density at radius 2 is 1.06 bits per heavy atom. The number of aromatic nitrogens is 8. The summed E-state index contributed by atoms with van der Waals surface area (Å²) >= 11 is 0. The number of nitrogens with two attached hydrogens (primary N) is 1. The van der Waals surface area contributed by atoms with E-state index in [9.17, 15) is 26.3 Å². The second-order valence-corrected chi connectivity index (χ2v) is 11.7. The van der Waals surface area contributed by atoms with E-state index in [1.165, 1.54) is 33.6 Å². The highest BCUT2D eigenvalue weighted by atomic mass is 19.4. The van der Waals surface area contributed by atoms with E-state index in [-0.39, 0.29) is 17.3 Å². The minimum Gasteiger partial charge on any atom is -0.325 e. The van der Waals surface area contributed by atoms with Gasteiger partial charge in [-0.1, -0.05) is 48.5 Å². The van der Waals surface area contributed by atoms with Crippen molar-refractivity contribution < 1.29 is 26.3 Å². The molecule has 54 heavy (non-hydrogen) atoms. The van der Waals surface area contributed by atoms with E-state index in [0.29, 0.717) is 28.8 Å². The first-order valence-corrected chi connectivity index (χ1v) is 16.0. The fraction of sp³-hybridized carbons (Fsp3) is 0.0789. The van der Waals surface area contributed by atoms with Crippen molar-refractivity contribution in [1.29, 1.82) is 5.26 Å². The molecule has 6 heterocycles. The second kappa shape index (κ2) is 14.2. The summed E-state index contributed by atoms with van der Waals surface area (Å²) in [4.78, 5) is 16.1. The Kier molecular flexibility index (Phi) is 9.31. The maximum atomic E-state index is 13.0. The van der Waals surface area contributed by atoms with Crippen LogP contribution in [-0.2, 0) is 18.9 Å². The predicted octanol–water partition coefficient (Wildman–Crippen LogP) is 8.33. The van der Waals surface area contributed by atoms with Crippen LogP contribution in [-0.4, -0.2) is 39.5 Å². The molecule has 8 rings (SSSR count). The Morgan fingerprint density at radius 1 is 0.574 bits per heavy atom. The number of hydrogen-bond acceptors (Lipinski definition) is 8. The number of hydrogen-bond donors (Lipinski definition) is 1. The first-order chi connectivity index (χ1) is 25.9. The van der Waals surface area contributed by atoms with Gasteiger partial charge in [-0.2, -0.15) is 41.8 Å². The molecule has 2 aromatic carbocycles. The molecule has 0 fully saturated rings. The normalized spacial score (nSPS) is 11.7. The molecule has 8 aromatic rings. The molecule has 0 aliphatic rings. The van der Waals surface area contributed by atoms with Gasteiger partial charge in [0, 0.05) is 28.4 Å². The summed E-state index contributed by atoms with van der Waals surface area (Å²) in [6.45, 7) is 0.322. The summed E-state index contributed by atoms with van der Waals surface area (Å²) in [7, 11) is 0. The van der Waals surface area contributed by atoms with Gasteiger partial charge in [-0.25, -0.2) is 24.3 Å². The zero-order valence-electron chi connectivity index (χ0n) is 27.6. The van der Waals surface area contributed by atoms with Crippen LogP contribution in [0.1, 0.15) is 22.8 Å². The summed E-state index contributed by atoms with van der Waals surface area (Å²) < 4.78 is 80.5. The number of halogens is 6. The summed E-state index contributed by atoms with van der Waals surface area (Å²) in [5, 5.41) is 18.9. The minimum absolute atomic E-state index is 0.0655. The molecule has 268 valence electrons. The molecule has 0 unspecified atom stereocenters. The third-order valence-corrected chi connectivity index (χ3v) is 8.10. The zero-order valence-corrected chi connectivity index (χ0v) is 27.6. The number of alkyl halides is 6. The van der Waals surface area contributed by atoms with Crippen LogP contribution in [0.3, 0.4) is 0 Å². The van der Waals surface area contributed by atoms with Gasteiger partial charge in [0.25, 0.3) is 0 Å². The van der Waals surface area contributed by atoms with Crippen LogP contribution in [0.15, 0.2) is 122 Å². The Hall–Kier alpha value is -6.99. The van der Waals surface area contributed by atoms with Gasteiger partial charge in [0.15, 0.2) is 11.6 Å². The molecule has 6 aromatic heterocycles. The van der Waals surface area contributed by atoms with E-state index < -0.39 is 23.7 Å². The lowest BCUT2D eigenvalue weighted by Crippen LogP contribution is -2.10. The smallest absolute Gasteiger partial charge is 0.325 e. The molecule has 2 N–H and O–H groups in total. The quantitative estimate of drug-likeness (QED) is 0.174. The highest BCUT2D eigenvalue weighted by Crippen LogP contribution is 2.31. The van der Waals surface area contributed by atoms with Crippen LogP contribution < -0.4 is 5.73 Å². The third kappa shape index (κ3) is 7.34. The number of nitrogens with zero attached hydrogens (tertiary/aromatic N) is 9. The number of benzene rings is 2. The van der Waals surface area contributed by atoms with Crippen LogP contribution >= 0.6 is 0 Å². The first kappa shape index (κ1) is 35.4. The summed E-state index contributed by atoms with van der Waals surface area (Å²) in [6.07, 6.45) is -5.91. The van der Waals surface area contributed by atoms with Crippen LogP contribution in [0.25, 0.3) is 56.0 Å². The molecule has 0 saturated carbocycles. The SMILES string of the molecule is N#Cc1cccc(-c2ccc3cnn(-c4cccc(C(F)(F)F)n4)c3c2)n1.NCc1cccc(-c2ccc3cnn(-c4cccc(C(F)(F)F)n4)c3c2)n1. The van der Waals surface area contributed by atoms with Crippen molar-refractivity contribution in [2.45, 2.75) is 18.9 Å². The topological polar surface area (TPSA) is 137 Å². The monoisotopic (exact) mass is 734 g/mol. The fourth-order valence-corrected chi connectivity index (χ4v) is 5.53. The minimum atomic E-state index is -4.54. The van der Waals surface area contributed by atoms with Gasteiger partial charge in [-0.3, -0.25) is 4.98 Å². The molecule has 0 saturated heterocycles. The van der Waals surface area contributed by atoms with Crippen LogP contribution in [0, 0.1) is 11.3 Å². The van der Waals surface area contributed by atoms with Crippen LogP contribution in [0.5, 0.6) is 0 Å². The van der Waals surface area contributed by atoms with E-state index in [1.54, 1.807) is 42.7 Å². The van der Waals surface area contributed by atoms with Crippen LogP contribution in [0.4, 0.5) is 26.3 Å². The van der Waals surface area contributed by atoms with Crippen molar-refractivity contribution in [2.24, 2.45) is 5.73 Å². The maximum Gasteiger partial charge on any atom is 0.433 e. The zero-order chi connectivity index (χ0) is 38.0. The van der Waals surface area contributed by atoms with Gasteiger partial charge in [0.1, 0.15) is 23.2 Å². The standard InChI is InChI=1S/C19H14F3N5.C19H10F3N5/c2*20-19(21,22)17-5-2-6-18(26-17)27-16-9-12(7-8-13(16)11-24-27)15-4-1-3-14(10-23)25-15/h1-9,11H,10,23H2;1-9,11H. The molecule has 0 aliphatic heterocycles. The number of pyridine rings is 4. The van der Waals surface area contributed by atoms with Gasteiger partial charge in [0.2, 0.25) is 0 Å². The van der Waals surface area contributed by atoms with Gasteiger partial charge in [-0.05, 0) is 60.7 Å². The van der Waals surface area contributed by atoms with Gasteiger partial charge >= 0.3 is 12.4 Å². The lowest BCUT2D eigenvalue weighted by molar-refractivity contribution is -0.141. The first-order valence-electron chi connectivity index (χ1n) is 16.0. The number of nitriles is 1. The Labute approximate surface area is 301 Å².